The number of hydrogen-bond acceptors (Lipinski definition) is 4. The van der Waals surface area contributed by atoms with Crippen LogP contribution in [0.2, 0.25) is 0 Å². The Morgan fingerprint density at radius 1 is 0.293 bits per heavy atom. The minimum atomic E-state index is -7.73. The summed E-state index contributed by atoms with van der Waals surface area (Å²) in [6.45, 7) is -0.0518. The molecule has 0 atom stereocenters. The summed E-state index contributed by atoms with van der Waals surface area (Å²) in [6, 6.07) is 37.3. The van der Waals surface area contributed by atoms with Crippen LogP contribution in [0, 0.1) is 121 Å². The quantitative estimate of drug-likeness (QED) is 0.0634. The zero-order chi connectivity index (χ0) is 72.2. The lowest BCUT2D eigenvalue weighted by Crippen LogP contribution is -2.65. The van der Waals surface area contributed by atoms with Crippen molar-refractivity contribution < 1.29 is 124 Å². The summed E-state index contributed by atoms with van der Waals surface area (Å²) in [5.41, 5.74) is -0.959. The van der Waals surface area contributed by atoms with Crippen LogP contribution in [-0.4, -0.2) is 36.9 Å². The summed E-state index contributed by atoms with van der Waals surface area (Å²) in [5.74, 6) is -88.5. The molecule has 0 radical (unpaired) electrons. The molecule has 0 spiro atoms. The molecular formula is C71H38F24O4. The van der Waals surface area contributed by atoms with Gasteiger partial charge in [-0.05, 0) is 96.5 Å². The lowest BCUT2D eigenvalue weighted by Gasteiger charge is -2.36. The van der Waals surface area contributed by atoms with Crippen molar-refractivity contribution in [2.45, 2.75) is 56.8 Å². The van der Waals surface area contributed by atoms with Crippen LogP contribution in [0.4, 0.5) is 105 Å². The Morgan fingerprint density at radius 3 is 0.919 bits per heavy atom. The minimum absolute atomic E-state index is 0.444. The Labute approximate surface area is 542 Å². The molecule has 0 amide bonds. The standard InChI is InChI=1S/C71H38F24O4/c1-29-8-18-37(19-9-29)98-65-59(84)51(76)45(52(77)60(65)85)43-47(72)55(80)63(56(81)48(43)73)96-27-67(88,89)70(92,93)71(94,95)68(90,91)28-97-64-57(82)49(74)44(50(75)58(64)83)46-53(78)61(86)66(62(87)54(46)79)99-38-20-14-34(15-21-38)33-12-16-35(17-13-33)69(36-7-5-6-30(2)24-36)41-25-31(3)10-22-39(41)40-23-11-32(4)26-42(40)69/h5-26H,27-28H2,1-4H3. The zero-order valence-electron chi connectivity index (χ0n) is 50.3. The maximum absolute atomic E-state index is 15.8. The minimum Gasteiger partial charge on any atom is -0.481 e. The van der Waals surface area contributed by atoms with Gasteiger partial charge in [0.2, 0.25) is 58.0 Å². The predicted octanol–water partition coefficient (Wildman–Crippen LogP) is 22.1. The topological polar surface area (TPSA) is 36.9 Å². The van der Waals surface area contributed by atoms with Crippen LogP contribution in [0.15, 0.2) is 133 Å². The molecule has 0 bridgehead atoms. The summed E-state index contributed by atoms with van der Waals surface area (Å²) in [4.78, 5) is 0. The van der Waals surface area contributed by atoms with Crippen LogP contribution >= 0.6 is 0 Å². The van der Waals surface area contributed by atoms with Gasteiger partial charge in [-0.2, -0.15) is 70.2 Å². The smallest absolute Gasteiger partial charge is 0.381 e. The molecule has 4 nitrogen and oxygen atoms in total. The first-order valence-electron chi connectivity index (χ1n) is 28.6. The third-order valence-corrected chi connectivity index (χ3v) is 16.4. The van der Waals surface area contributed by atoms with E-state index in [1.54, 1.807) is 12.1 Å². The van der Waals surface area contributed by atoms with E-state index >= 15 is 79.0 Å². The van der Waals surface area contributed by atoms with Gasteiger partial charge in [0.1, 0.15) is 11.5 Å². The molecule has 0 aliphatic heterocycles. The van der Waals surface area contributed by atoms with Crippen LogP contribution in [0.5, 0.6) is 34.5 Å². The Hall–Kier alpha value is -10.3. The lowest BCUT2D eigenvalue weighted by molar-refractivity contribution is -0.372. The molecule has 0 unspecified atom stereocenters. The van der Waals surface area contributed by atoms with Gasteiger partial charge in [-0.1, -0.05) is 131 Å². The van der Waals surface area contributed by atoms with E-state index in [9.17, 15) is 26.3 Å². The monoisotopic (exact) mass is 1410 g/mol. The van der Waals surface area contributed by atoms with Gasteiger partial charge in [0.15, 0.2) is 71.3 Å². The molecule has 0 heterocycles. The van der Waals surface area contributed by atoms with Crippen molar-refractivity contribution >= 4 is 0 Å². The van der Waals surface area contributed by atoms with E-state index in [-0.39, 0.29) is 0 Å². The van der Waals surface area contributed by atoms with Gasteiger partial charge in [0.05, 0.1) is 27.7 Å². The van der Waals surface area contributed by atoms with E-state index in [1.165, 1.54) is 31.2 Å². The summed E-state index contributed by atoms with van der Waals surface area (Å²) < 4.78 is 383. The summed E-state index contributed by atoms with van der Waals surface area (Å²) >= 11 is 0. The van der Waals surface area contributed by atoms with E-state index in [2.05, 4.69) is 39.8 Å². The first kappa shape index (κ1) is 70.1. The fraction of sp³-hybridized carbons (Fsp3) is 0.155. The number of rotatable bonds is 18. The number of halogens is 24. The summed E-state index contributed by atoms with van der Waals surface area (Å²) in [6.07, 6.45) is 0. The maximum Gasteiger partial charge on any atom is 0.381 e. The van der Waals surface area contributed by atoms with Crippen LogP contribution in [0.3, 0.4) is 0 Å². The third-order valence-electron chi connectivity index (χ3n) is 16.4. The van der Waals surface area contributed by atoms with Gasteiger partial charge in [0, 0.05) is 0 Å². The third kappa shape index (κ3) is 11.3. The van der Waals surface area contributed by atoms with Crippen LogP contribution < -0.4 is 18.9 Å². The number of fused-ring (bicyclic) bond motifs is 3. The number of alkyl halides is 8. The molecule has 1 aliphatic rings. The van der Waals surface area contributed by atoms with Gasteiger partial charge < -0.3 is 18.9 Å². The van der Waals surface area contributed by atoms with E-state index < -0.39 is 192 Å². The first-order valence-corrected chi connectivity index (χ1v) is 28.6. The molecule has 514 valence electrons. The lowest BCUT2D eigenvalue weighted by atomic mass is 9.67. The van der Waals surface area contributed by atoms with Crippen molar-refractivity contribution in [3.05, 3.63) is 271 Å². The van der Waals surface area contributed by atoms with Crippen molar-refractivity contribution in [1.29, 1.82) is 0 Å². The van der Waals surface area contributed by atoms with Gasteiger partial charge in [-0.25, -0.2) is 35.1 Å². The average molecular weight is 1410 g/mol. The molecule has 0 aromatic heterocycles. The molecule has 99 heavy (non-hydrogen) atoms. The van der Waals surface area contributed by atoms with Crippen LogP contribution in [0.1, 0.15) is 44.5 Å². The molecule has 0 saturated carbocycles. The van der Waals surface area contributed by atoms with Gasteiger partial charge in [0.25, 0.3) is 0 Å². The maximum atomic E-state index is 15.8. The molecule has 10 aromatic rings. The normalized spacial score (nSPS) is 13.0. The molecule has 0 saturated heterocycles. The highest BCUT2D eigenvalue weighted by Crippen LogP contribution is 2.58. The van der Waals surface area contributed by atoms with Crippen molar-refractivity contribution in [3.63, 3.8) is 0 Å². The van der Waals surface area contributed by atoms with Crippen molar-refractivity contribution in [2.24, 2.45) is 0 Å². The SMILES string of the molecule is Cc1ccc(Oc2c(F)c(F)c(-c3c(F)c(F)c(OCC(F)(F)C(F)(F)C(F)(F)C(F)(F)COc4c(F)c(F)c(-c5c(F)c(F)c(Oc6ccc(-c7ccc(C8(c9cccc(C)c9)c9cc(C)ccc9-c9ccc(C)cc98)cc7)cc6)c(F)c5F)c(F)c4F)c(F)c3F)c(F)c2F)cc1. The van der Waals surface area contributed by atoms with Gasteiger partial charge in [-0.15, -0.1) is 0 Å². The predicted molar refractivity (Wildman–Crippen MR) is 309 cm³/mol. The Morgan fingerprint density at radius 2 is 0.586 bits per heavy atom. The second-order valence-electron chi connectivity index (χ2n) is 22.8. The van der Waals surface area contributed by atoms with Gasteiger partial charge in [-0.3, -0.25) is 0 Å². The highest BCUT2D eigenvalue weighted by molar-refractivity contribution is 5.87. The van der Waals surface area contributed by atoms with Crippen molar-refractivity contribution in [1.82, 2.24) is 0 Å². The van der Waals surface area contributed by atoms with Gasteiger partial charge >= 0.3 is 23.7 Å². The van der Waals surface area contributed by atoms with Crippen LogP contribution in [-0.2, 0) is 5.41 Å². The molecular weight excluding hydrogens is 1370 g/mol. The van der Waals surface area contributed by atoms with E-state index in [0.29, 0.717) is 16.7 Å². The molecule has 10 aromatic carbocycles. The fourth-order valence-electron chi connectivity index (χ4n) is 11.4. The Balaban J connectivity index is 0.800. The van der Waals surface area contributed by atoms with E-state index in [1.807, 2.05) is 63.2 Å². The largest absolute Gasteiger partial charge is 0.481 e. The zero-order valence-corrected chi connectivity index (χ0v) is 50.3. The number of ether oxygens (including phenoxy) is 4. The number of aryl methyl sites for hydroxylation is 4. The molecule has 1 aliphatic carbocycles. The Bertz CT molecular complexity index is 4750. The highest BCUT2D eigenvalue weighted by Gasteiger charge is 2.81. The first-order chi connectivity index (χ1) is 46.4. The van der Waals surface area contributed by atoms with Crippen LogP contribution in [0.25, 0.3) is 44.5 Å². The number of benzene rings is 10. The molecule has 28 heteroatoms. The second kappa shape index (κ2) is 25.2. The molecule has 11 rings (SSSR count). The molecule has 0 fully saturated rings. The van der Waals surface area contributed by atoms with Crippen molar-refractivity contribution in [2.75, 3.05) is 13.2 Å². The van der Waals surface area contributed by atoms with E-state index in [0.717, 1.165) is 74.3 Å². The van der Waals surface area contributed by atoms with E-state index in [4.69, 9.17) is 9.47 Å². The molecule has 0 N–H and O–H groups in total. The summed E-state index contributed by atoms with van der Waals surface area (Å²) in [5, 5.41) is 0. The Kier molecular flexibility index (Phi) is 17.8. The number of hydrogen-bond donors (Lipinski definition) is 0. The summed E-state index contributed by atoms with van der Waals surface area (Å²) in [7, 11) is 0. The average Bonchev–Trinajstić information content (AvgIpc) is 1.28. The fourth-order valence-corrected chi connectivity index (χ4v) is 11.4. The van der Waals surface area contributed by atoms with Crippen molar-refractivity contribution in [3.8, 4) is 79.0 Å². The second-order valence-corrected chi connectivity index (χ2v) is 22.8. The highest BCUT2D eigenvalue weighted by atomic mass is 19.4.